The third-order valence-electron chi connectivity index (χ3n) is 3.46. The molecule has 8 heteroatoms. The Morgan fingerprint density at radius 1 is 1.40 bits per heavy atom. The lowest BCUT2D eigenvalue weighted by molar-refractivity contribution is -0.118. The lowest BCUT2D eigenvalue weighted by Crippen LogP contribution is -2.39. The number of nitrogens with two attached hydrogens (primary N) is 1. The maximum Gasteiger partial charge on any atom is 0.244 e. The molecule has 0 saturated heterocycles. The number of carbonyl (C=O) groups excluding carboxylic acids is 1. The summed E-state index contributed by atoms with van der Waals surface area (Å²) in [5, 5.41) is 8.03. The van der Waals surface area contributed by atoms with E-state index in [1.165, 1.54) is 7.11 Å². The van der Waals surface area contributed by atoms with Gasteiger partial charge in [-0.05, 0) is 18.2 Å². The van der Waals surface area contributed by atoms with Crippen molar-refractivity contribution in [3.05, 3.63) is 41.0 Å². The molecule has 1 unspecified atom stereocenters. The molecule has 138 valence electrons. The molecule has 0 radical (unpaired) electrons. The minimum absolute atomic E-state index is 0. The number of amides is 1. The molecule has 2 aromatic rings. The maximum absolute atomic E-state index is 12.2. The SMILES string of the molecule is COCC(N)C(=O)Nc1cc(C(C)(C)C)nn1-c1cccc(Cl)c1.Cl. The van der Waals surface area contributed by atoms with Crippen LogP contribution in [-0.2, 0) is 14.9 Å². The molecule has 1 heterocycles. The fourth-order valence-corrected chi connectivity index (χ4v) is 2.30. The second kappa shape index (κ2) is 8.67. The number of rotatable bonds is 5. The van der Waals surface area contributed by atoms with Gasteiger partial charge in [0.15, 0.2) is 0 Å². The van der Waals surface area contributed by atoms with E-state index in [2.05, 4.69) is 31.2 Å². The Balaban J connectivity index is 0.00000312. The number of aromatic nitrogens is 2. The zero-order valence-corrected chi connectivity index (χ0v) is 16.3. The molecule has 0 saturated carbocycles. The van der Waals surface area contributed by atoms with Crippen molar-refractivity contribution in [3.8, 4) is 5.69 Å². The number of hydrogen-bond donors (Lipinski definition) is 2. The first-order valence-electron chi connectivity index (χ1n) is 7.64. The van der Waals surface area contributed by atoms with E-state index in [-0.39, 0.29) is 30.3 Å². The van der Waals surface area contributed by atoms with Crippen molar-refractivity contribution in [1.29, 1.82) is 0 Å². The predicted molar refractivity (Wildman–Crippen MR) is 103 cm³/mol. The molecule has 1 atom stereocenters. The van der Waals surface area contributed by atoms with E-state index < -0.39 is 6.04 Å². The third kappa shape index (κ3) is 5.44. The van der Waals surface area contributed by atoms with E-state index in [0.717, 1.165) is 11.4 Å². The Morgan fingerprint density at radius 2 is 2.08 bits per heavy atom. The fourth-order valence-electron chi connectivity index (χ4n) is 2.12. The van der Waals surface area contributed by atoms with Crippen LogP contribution in [0.4, 0.5) is 5.82 Å². The Labute approximate surface area is 159 Å². The van der Waals surface area contributed by atoms with Crippen molar-refractivity contribution >= 4 is 35.7 Å². The summed E-state index contributed by atoms with van der Waals surface area (Å²) in [6.07, 6.45) is 0. The summed E-state index contributed by atoms with van der Waals surface area (Å²) >= 11 is 6.08. The highest BCUT2D eigenvalue weighted by molar-refractivity contribution is 6.30. The van der Waals surface area contributed by atoms with Crippen LogP contribution >= 0.6 is 24.0 Å². The second-order valence-electron chi connectivity index (χ2n) is 6.61. The average Bonchev–Trinajstić information content (AvgIpc) is 2.91. The highest BCUT2D eigenvalue weighted by atomic mass is 35.5. The largest absolute Gasteiger partial charge is 0.383 e. The van der Waals surface area contributed by atoms with E-state index in [0.29, 0.717) is 10.8 Å². The lowest BCUT2D eigenvalue weighted by Gasteiger charge is -2.14. The van der Waals surface area contributed by atoms with Crippen LogP contribution in [0, 0.1) is 0 Å². The molecule has 0 bridgehead atoms. The number of nitrogens with one attached hydrogen (secondary N) is 1. The van der Waals surface area contributed by atoms with E-state index in [4.69, 9.17) is 22.1 Å². The molecular formula is C17H24Cl2N4O2. The predicted octanol–water partition coefficient (Wildman–Crippen LogP) is 3.16. The van der Waals surface area contributed by atoms with Crippen molar-refractivity contribution in [2.45, 2.75) is 32.2 Å². The molecule has 0 aliphatic heterocycles. The molecule has 3 N–H and O–H groups in total. The first-order chi connectivity index (χ1) is 11.2. The van der Waals surface area contributed by atoms with Gasteiger partial charge in [0.1, 0.15) is 11.9 Å². The van der Waals surface area contributed by atoms with Crippen LogP contribution in [0.1, 0.15) is 26.5 Å². The van der Waals surface area contributed by atoms with Crippen molar-refractivity contribution < 1.29 is 9.53 Å². The van der Waals surface area contributed by atoms with Gasteiger partial charge in [-0.1, -0.05) is 38.4 Å². The smallest absolute Gasteiger partial charge is 0.244 e. The molecule has 0 aliphatic rings. The molecule has 1 aromatic heterocycles. The standard InChI is InChI=1S/C17H23ClN4O2.ClH/c1-17(2,3)14-9-15(20-16(23)13(19)10-24-4)22(21-14)12-7-5-6-11(18)8-12;/h5-9,13H,10,19H2,1-4H3,(H,20,23);1H. The van der Waals surface area contributed by atoms with Crippen LogP contribution in [0.25, 0.3) is 5.69 Å². The fraction of sp³-hybridized carbons (Fsp3) is 0.412. The quantitative estimate of drug-likeness (QED) is 0.826. The molecule has 0 fully saturated rings. The van der Waals surface area contributed by atoms with Gasteiger partial charge in [0, 0.05) is 23.6 Å². The summed E-state index contributed by atoms with van der Waals surface area (Å²) in [5.74, 6) is 0.208. The number of benzene rings is 1. The van der Waals surface area contributed by atoms with Gasteiger partial charge in [-0.15, -0.1) is 12.4 Å². The Morgan fingerprint density at radius 3 is 2.64 bits per heavy atom. The maximum atomic E-state index is 12.2. The first-order valence-corrected chi connectivity index (χ1v) is 8.02. The number of ether oxygens (including phenoxy) is 1. The van der Waals surface area contributed by atoms with E-state index in [1.54, 1.807) is 16.8 Å². The molecule has 25 heavy (non-hydrogen) atoms. The summed E-state index contributed by atoms with van der Waals surface area (Å²) in [7, 11) is 1.50. The third-order valence-corrected chi connectivity index (χ3v) is 3.70. The van der Waals surface area contributed by atoms with Crippen molar-refractivity contribution in [3.63, 3.8) is 0 Å². The van der Waals surface area contributed by atoms with E-state index in [1.807, 2.05) is 18.2 Å². The zero-order valence-electron chi connectivity index (χ0n) is 14.7. The number of nitrogens with zero attached hydrogens (tertiary/aromatic N) is 2. The summed E-state index contributed by atoms with van der Waals surface area (Å²) in [5.41, 5.74) is 7.23. The summed E-state index contributed by atoms with van der Waals surface area (Å²) in [4.78, 5) is 12.2. The number of hydrogen-bond acceptors (Lipinski definition) is 4. The van der Waals surface area contributed by atoms with Crippen LogP contribution in [0.15, 0.2) is 30.3 Å². The molecule has 0 aliphatic carbocycles. The Hall–Kier alpha value is -1.60. The van der Waals surface area contributed by atoms with E-state index >= 15 is 0 Å². The van der Waals surface area contributed by atoms with Gasteiger partial charge in [-0.25, -0.2) is 4.68 Å². The van der Waals surface area contributed by atoms with Gasteiger partial charge in [-0.2, -0.15) is 5.10 Å². The number of halogens is 2. The Kier molecular flexibility index (Phi) is 7.44. The van der Waals surface area contributed by atoms with Crippen LogP contribution in [0.3, 0.4) is 0 Å². The van der Waals surface area contributed by atoms with Crippen LogP contribution in [0.2, 0.25) is 5.02 Å². The van der Waals surface area contributed by atoms with Crippen LogP contribution < -0.4 is 11.1 Å². The van der Waals surface area contributed by atoms with Crippen LogP contribution in [0.5, 0.6) is 0 Å². The summed E-state index contributed by atoms with van der Waals surface area (Å²) < 4.78 is 6.58. The van der Waals surface area contributed by atoms with Crippen molar-refractivity contribution in [2.75, 3.05) is 19.0 Å². The highest BCUT2D eigenvalue weighted by Crippen LogP contribution is 2.27. The molecule has 6 nitrogen and oxygen atoms in total. The molecule has 1 aromatic carbocycles. The number of methoxy groups -OCH3 is 1. The molecule has 2 rings (SSSR count). The zero-order chi connectivity index (χ0) is 17.9. The Bertz CT molecular complexity index is 726. The first kappa shape index (κ1) is 21.4. The van der Waals surface area contributed by atoms with E-state index in [9.17, 15) is 4.79 Å². The van der Waals surface area contributed by atoms with Crippen LogP contribution in [-0.4, -0.2) is 35.4 Å². The van der Waals surface area contributed by atoms with Crippen molar-refractivity contribution in [1.82, 2.24) is 9.78 Å². The second-order valence-corrected chi connectivity index (χ2v) is 7.04. The average molecular weight is 387 g/mol. The molecule has 1 amide bonds. The summed E-state index contributed by atoms with van der Waals surface area (Å²) in [6.45, 7) is 6.31. The van der Waals surface area contributed by atoms with Crippen molar-refractivity contribution in [2.24, 2.45) is 5.73 Å². The van der Waals surface area contributed by atoms with Gasteiger partial charge in [0.25, 0.3) is 0 Å². The summed E-state index contributed by atoms with van der Waals surface area (Å²) in [6, 6.07) is 8.36. The lowest BCUT2D eigenvalue weighted by atomic mass is 9.92. The van der Waals surface area contributed by atoms with Gasteiger partial charge in [0.2, 0.25) is 5.91 Å². The highest BCUT2D eigenvalue weighted by Gasteiger charge is 2.23. The molecular weight excluding hydrogens is 363 g/mol. The molecule has 0 spiro atoms. The minimum atomic E-state index is -0.754. The number of carbonyl (C=O) groups is 1. The minimum Gasteiger partial charge on any atom is -0.383 e. The topological polar surface area (TPSA) is 82.2 Å². The van der Waals surface area contributed by atoms with Gasteiger partial charge in [-0.3, -0.25) is 4.79 Å². The van der Waals surface area contributed by atoms with Gasteiger partial charge >= 0.3 is 0 Å². The normalized spacial score (nSPS) is 12.4. The monoisotopic (exact) mass is 386 g/mol. The van der Waals surface area contributed by atoms with Gasteiger partial charge in [0.05, 0.1) is 18.0 Å². The van der Waals surface area contributed by atoms with Gasteiger partial charge < -0.3 is 15.8 Å². The number of anilines is 1.